The summed E-state index contributed by atoms with van der Waals surface area (Å²) < 4.78 is 0.833. The van der Waals surface area contributed by atoms with Crippen LogP contribution in [0.5, 0.6) is 0 Å². The number of hydrogen-bond donors (Lipinski definition) is 2. The minimum absolute atomic E-state index is 0.258. The first-order valence-corrected chi connectivity index (χ1v) is 5.09. The van der Waals surface area contributed by atoms with Gasteiger partial charge in [-0.1, -0.05) is 6.07 Å². The fraction of sp³-hybridized carbons (Fsp3) is 0.444. The normalized spacial score (nSPS) is 10.0. The van der Waals surface area contributed by atoms with Crippen molar-refractivity contribution < 1.29 is 5.11 Å². The molecule has 0 fully saturated rings. The summed E-state index contributed by atoms with van der Waals surface area (Å²) in [4.78, 5) is 4.21. The van der Waals surface area contributed by atoms with Gasteiger partial charge in [-0.3, -0.25) is 0 Å². The molecule has 0 saturated heterocycles. The number of unbranched alkanes of at least 4 members (excludes halogenated alkanes) is 1. The van der Waals surface area contributed by atoms with Gasteiger partial charge in [0.2, 0.25) is 0 Å². The second-order valence-corrected chi connectivity index (χ2v) is 3.52. The molecule has 72 valence electrons. The van der Waals surface area contributed by atoms with Gasteiger partial charge >= 0.3 is 0 Å². The molecule has 13 heavy (non-hydrogen) atoms. The zero-order chi connectivity index (χ0) is 9.52. The van der Waals surface area contributed by atoms with Gasteiger partial charge in [0.25, 0.3) is 0 Å². The van der Waals surface area contributed by atoms with Gasteiger partial charge in [0.1, 0.15) is 10.4 Å². The van der Waals surface area contributed by atoms with Gasteiger partial charge in [-0.2, -0.15) is 0 Å². The number of nitrogens with zero attached hydrogens (tertiary/aromatic N) is 1. The lowest BCUT2D eigenvalue weighted by Gasteiger charge is -2.04. The maximum absolute atomic E-state index is 8.56. The highest BCUT2D eigenvalue weighted by Gasteiger charge is 1.93. The number of rotatable bonds is 5. The van der Waals surface area contributed by atoms with E-state index < -0.39 is 0 Å². The third-order valence-corrected chi connectivity index (χ3v) is 2.05. The van der Waals surface area contributed by atoms with Crippen molar-refractivity contribution in [1.29, 1.82) is 0 Å². The van der Waals surface area contributed by atoms with Crippen LogP contribution in [0.3, 0.4) is 0 Å². The fourth-order valence-electron chi connectivity index (χ4n) is 0.960. The molecule has 0 atom stereocenters. The molecule has 0 aliphatic heterocycles. The highest BCUT2D eigenvalue weighted by Crippen LogP contribution is 2.09. The van der Waals surface area contributed by atoms with Crippen LogP contribution in [-0.4, -0.2) is 23.2 Å². The van der Waals surface area contributed by atoms with Crippen molar-refractivity contribution in [2.75, 3.05) is 18.5 Å². The predicted molar refractivity (Wildman–Crippen MR) is 56.7 cm³/mol. The minimum Gasteiger partial charge on any atom is -0.396 e. The molecule has 1 aromatic heterocycles. The van der Waals surface area contributed by atoms with Crippen LogP contribution in [0.25, 0.3) is 0 Å². The van der Waals surface area contributed by atoms with Crippen LogP contribution in [0.1, 0.15) is 12.8 Å². The molecule has 0 aliphatic rings. The molecule has 3 nitrogen and oxygen atoms in total. The van der Waals surface area contributed by atoms with Crippen molar-refractivity contribution in [1.82, 2.24) is 4.98 Å². The fourth-order valence-corrected chi connectivity index (χ4v) is 1.30. The van der Waals surface area contributed by atoms with E-state index in [9.17, 15) is 0 Å². The molecule has 0 bridgehead atoms. The molecule has 0 amide bonds. The van der Waals surface area contributed by atoms with Gasteiger partial charge in [0.05, 0.1) is 0 Å². The van der Waals surface area contributed by atoms with E-state index in [4.69, 9.17) is 5.11 Å². The molecule has 1 aromatic rings. The first-order chi connectivity index (χ1) is 6.33. The molecule has 0 spiro atoms. The first kappa shape index (κ1) is 10.5. The van der Waals surface area contributed by atoms with E-state index in [2.05, 4.69) is 26.2 Å². The van der Waals surface area contributed by atoms with Crippen molar-refractivity contribution in [2.24, 2.45) is 0 Å². The van der Waals surface area contributed by atoms with Crippen molar-refractivity contribution in [3.8, 4) is 0 Å². The van der Waals surface area contributed by atoms with Crippen LogP contribution in [0.15, 0.2) is 22.8 Å². The summed E-state index contributed by atoms with van der Waals surface area (Å²) in [5, 5.41) is 11.7. The summed E-state index contributed by atoms with van der Waals surface area (Å²) >= 11 is 3.29. The van der Waals surface area contributed by atoms with Crippen molar-refractivity contribution in [3.63, 3.8) is 0 Å². The number of hydrogen-bond acceptors (Lipinski definition) is 3. The minimum atomic E-state index is 0.258. The Labute approximate surface area is 86.3 Å². The third-order valence-electron chi connectivity index (χ3n) is 1.61. The van der Waals surface area contributed by atoms with Crippen LogP contribution in [0, 0.1) is 0 Å². The smallest absolute Gasteiger partial charge is 0.127 e. The lowest BCUT2D eigenvalue weighted by molar-refractivity contribution is 0.286. The molecule has 2 N–H and O–H groups in total. The zero-order valence-electron chi connectivity index (χ0n) is 7.33. The number of anilines is 1. The van der Waals surface area contributed by atoms with Crippen LogP contribution in [0.4, 0.5) is 5.82 Å². The lowest BCUT2D eigenvalue weighted by atomic mass is 10.3. The maximum atomic E-state index is 8.56. The van der Waals surface area contributed by atoms with E-state index in [0.29, 0.717) is 0 Å². The zero-order valence-corrected chi connectivity index (χ0v) is 8.92. The molecule has 0 aliphatic carbocycles. The van der Waals surface area contributed by atoms with E-state index in [1.54, 1.807) is 0 Å². The van der Waals surface area contributed by atoms with Gasteiger partial charge in [0, 0.05) is 13.2 Å². The van der Waals surface area contributed by atoms with E-state index in [-0.39, 0.29) is 6.61 Å². The SMILES string of the molecule is OCCCCNc1cccc(Br)n1. The Morgan fingerprint density at radius 1 is 1.38 bits per heavy atom. The summed E-state index contributed by atoms with van der Waals surface area (Å²) in [7, 11) is 0. The van der Waals surface area contributed by atoms with E-state index in [0.717, 1.165) is 29.8 Å². The Kier molecular flexibility index (Phi) is 4.78. The quantitative estimate of drug-likeness (QED) is 0.616. The van der Waals surface area contributed by atoms with Crippen molar-refractivity contribution in [2.45, 2.75) is 12.8 Å². The third kappa shape index (κ3) is 4.24. The average Bonchev–Trinajstić information content (AvgIpc) is 2.13. The highest BCUT2D eigenvalue weighted by molar-refractivity contribution is 9.10. The van der Waals surface area contributed by atoms with E-state index >= 15 is 0 Å². The monoisotopic (exact) mass is 244 g/mol. The van der Waals surface area contributed by atoms with E-state index in [1.807, 2.05) is 18.2 Å². The molecular weight excluding hydrogens is 232 g/mol. The molecule has 1 heterocycles. The number of aliphatic hydroxyl groups is 1. The Morgan fingerprint density at radius 3 is 2.92 bits per heavy atom. The molecule has 0 unspecified atom stereocenters. The molecule has 4 heteroatoms. The summed E-state index contributed by atoms with van der Waals surface area (Å²) in [6, 6.07) is 5.74. The number of nitrogens with one attached hydrogen (secondary N) is 1. The van der Waals surface area contributed by atoms with Crippen LogP contribution >= 0.6 is 15.9 Å². The van der Waals surface area contributed by atoms with Gasteiger partial charge in [-0.15, -0.1) is 0 Å². The molecular formula is C9H13BrN2O. The predicted octanol–water partition coefficient (Wildman–Crippen LogP) is 2.03. The summed E-state index contributed by atoms with van der Waals surface area (Å²) in [5.41, 5.74) is 0. The van der Waals surface area contributed by atoms with Gasteiger partial charge in [0.15, 0.2) is 0 Å². The van der Waals surface area contributed by atoms with Crippen LogP contribution in [0.2, 0.25) is 0 Å². The largest absolute Gasteiger partial charge is 0.396 e. The van der Waals surface area contributed by atoms with Gasteiger partial charge in [-0.25, -0.2) is 4.98 Å². The first-order valence-electron chi connectivity index (χ1n) is 4.30. The van der Waals surface area contributed by atoms with Crippen molar-refractivity contribution >= 4 is 21.7 Å². The Balaban J connectivity index is 2.28. The second kappa shape index (κ2) is 5.94. The molecule has 0 saturated carbocycles. The Morgan fingerprint density at radius 2 is 2.23 bits per heavy atom. The van der Waals surface area contributed by atoms with Crippen molar-refractivity contribution in [3.05, 3.63) is 22.8 Å². The average molecular weight is 245 g/mol. The molecule has 0 radical (unpaired) electrons. The summed E-state index contributed by atoms with van der Waals surface area (Å²) in [6.07, 6.45) is 1.80. The summed E-state index contributed by atoms with van der Waals surface area (Å²) in [5.74, 6) is 0.868. The standard InChI is InChI=1S/C9H13BrN2O/c10-8-4-3-5-9(12-8)11-6-1-2-7-13/h3-5,13H,1-2,6-7H2,(H,11,12). The second-order valence-electron chi connectivity index (χ2n) is 2.70. The van der Waals surface area contributed by atoms with Gasteiger partial charge < -0.3 is 10.4 Å². The number of aromatic nitrogens is 1. The van der Waals surface area contributed by atoms with Gasteiger partial charge in [-0.05, 0) is 40.9 Å². The number of aliphatic hydroxyl groups excluding tert-OH is 1. The Bertz CT molecular complexity index is 255. The Hall–Kier alpha value is -0.610. The molecule has 0 aromatic carbocycles. The number of pyridine rings is 1. The van der Waals surface area contributed by atoms with Crippen LogP contribution in [-0.2, 0) is 0 Å². The van der Waals surface area contributed by atoms with E-state index in [1.165, 1.54) is 0 Å². The topological polar surface area (TPSA) is 45.1 Å². The van der Waals surface area contributed by atoms with Crippen LogP contribution < -0.4 is 5.32 Å². The maximum Gasteiger partial charge on any atom is 0.127 e. The summed E-state index contributed by atoms with van der Waals surface area (Å²) in [6.45, 7) is 1.11. The highest BCUT2D eigenvalue weighted by atomic mass is 79.9. The molecule has 1 rings (SSSR count). The lowest BCUT2D eigenvalue weighted by Crippen LogP contribution is -2.03. The number of halogens is 1.